The van der Waals surface area contributed by atoms with Gasteiger partial charge in [-0.15, -0.1) is 0 Å². The average Bonchev–Trinajstić information content (AvgIpc) is 3.28. The molecule has 5 rings (SSSR count). The molecule has 0 radical (unpaired) electrons. The van der Waals surface area contributed by atoms with E-state index in [0.29, 0.717) is 16.7 Å². The molecule has 2 fully saturated rings. The van der Waals surface area contributed by atoms with E-state index in [1.807, 2.05) is 24.4 Å². The minimum atomic E-state index is -3.24. The normalized spacial score (nSPS) is 21.8. The van der Waals surface area contributed by atoms with Crippen LogP contribution in [-0.4, -0.2) is 47.8 Å². The van der Waals surface area contributed by atoms with Gasteiger partial charge < -0.3 is 15.0 Å². The number of nitrogens with zero attached hydrogens (tertiary/aromatic N) is 2. The third-order valence-corrected chi connectivity index (χ3v) is 9.45. The van der Waals surface area contributed by atoms with Crippen molar-refractivity contribution in [2.24, 2.45) is 0 Å². The first-order valence-corrected chi connectivity index (χ1v) is 14.3. The van der Waals surface area contributed by atoms with Gasteiger partial charge in [0.1, 0.15) is 22.4 Å². The van der Waals surface area contributed by atoms with Crippen molar-refractivity contribution in [3.63, 3.8) is 0 Å². The van der Waals surface area contributed by atoms with Gasteiger partial charge in [0.25, 0.3) is 0 Å². The molecule has 2 saturated carbocycles. The van der Waals surface area contributed by atoms with Crippen LogP contribution >= 0.6 is 11.6 Å². The Balaban J connectivity index is 1.24. The van der Waals surface area contributed by atoms with Crippen LogP contribution in [0.2, 0.25) is 5.15 Å². The van der Waals surface area contributed by atoms with E-state index in [1.54, 1.807) is 13.3 Å². The van der Waals surface area contributed by atoms with Crippen molar-refractivity contribution in [1.82, 2.24) is 19.7 Å². The summed E-state index contributed by atoms with van der Waals surface area (Å²) in [4.78, 5) is 12.1. The van der Waals surface area contributed by atoms with Gasteiger partial charge in [-0.3, -0.25) is 0 Å². The van der Waals surface area contributed by atoms with Crippen LogP contribution < -0.4 is 14.8 Å². The van der Waals surface area contributed by atoms with Crippen LogP contribution in [0.25, 0.3) is 22.2 Å². The molecule has 2 aliphatic carbocycles. The number of aromatic amines is 1. The third-order valence-electron chi connectivity index (χ3n) is 7.25. The van der Waals surface area contributed by atoms with Crippen molar-refractivity contribution in [2.45, 2.75) is 75.1 Å². The van der Waals surface area contributed by atoms with Crippen molar-refractivity contribution >= 4 is 38.5 Å². The number of aromatic nitrogens is 3. The lowest BCUT2D eigenvalue weighted by atomic mass is 9.92. The molecule has 35 heavy (non-hydrogen) atoms. The first kappa shape index (κ1) is 24.3. The molecule has 0 spiro atoms. The van der Waals surface area contributed by atoms with Crippen LogP contribution in [0.5, 0.6) is 5.75 Å². The van der Waals surface area contributed by atoms with Crippen LogP contribution in [0.3, 0.4) is 0 Å². The van der Waals surface area contributed by atoms with E-state index in [4.69, 9.17) is 16.3 Å². The molecule has 0 atom stereocenters. The van der Waals surface area contributed by atoms with Crippen LogP contribution in [-0.2, 0) is 10.0 Å². The molecule has 0 saturated heterocycles. The van der Waals surface area contributed by atoms with E-state index in [0.717, 1.165) is 79.9 Å². The Morgan fingerprint density at radius 1 is 1.03 bits per heavy atom. The van der Waals surface area contributed by atoms with Crippen molar-refractivity contribution in [2.75, 3.05) is 12.4 Å². The molecule has 0 aromatic carbocycles. The van der Waals surface area contributed by atoms with Crippen LogP contribution in [0, 0.1) is 0 Å². The first-order valence-electron chi connectivity index (χ1n) is 12.4. The van der Waals surface area contributed by atoms with Gasteiger partial charge in [-0.05, 0) is 62.3 Å². The van der Waals surface area contributed by atoms with Gasteiger partial charge >= 0.3 is 0 Å². The zero-order chi connectivity index (χ0) is 24.4. The van der Waals surface area contributed by atoms with E-state index in [2.05, 4.69) is 25.0 Å². The Hall–Kier alpha value is -2.36. The number of halogens is 1. The monoisotopic (exact) mass is 517 g/mol. The lowest BCUT2D eigenvalue weighted by Gasteiger charge is -2.31. The Bertz CT molecular complexity index is 1280. The Labute approximate surface area is 211 Å². The SMILES string of the molecule is COc1cnc2[nH]cc(-c3cc(Cl)nc(NC4CCC(NS(=O)(=O)C5CCCCC5)CC4)c3)c2c1. The number of ether oxygens (including phenoxy) is 1. The number of methoxy groups -OCH3 is 1. The number of H-pyrrole nitrogens is 1. The summed E-state index contributed by atoms with van der Waals surface area (Å²) in [6.45, 7) is 0. The van der Waals surface area contributed by atoms with Crippen molar-refractivity contribution in [3.8, 4) is 16.9 Å². The maximum Gasteiger partial charge on any atom is 0.214 e. The fourth-order valence-electron chi connectivity index (χ4n) is 5.33. The van der Waals surface area contributed by atoms with Gasteiger partial charge in [-0.1, -0.05) is 30.9 Å². The van der Waals surface area contributed by atoms with Crippen LogP contribution in [0.15, 0.2) is 30.6 Å². The van der Waals surface area contributed by atoms with Gasteiger partial charge in [-0.25, -0.2) is 23.1 Å². The molecule has 3 heterocycles. The number of nitrogens with one attached hydrogen (secondary N) is 3. The molecule has 2 aliphatic rings. The van der Waals surface area contributed by atoms with Crippen LogP contribution in [0.1, 0.15) is 57.8 Å². The second-order valence-corrected chi connectivity index (χ2v) is 12.0. The highest BCUT2D eigenvalue weighted by Gasteiger charge is 2.31. The summed E-state index contributed by atoms with van der Waals surface area (Å²) in [5.74, 6) is 1.40. The van der Waals surface area contributed by atoms with E-state index >= 15 is 0 Å². The van der Waals surface area contributed by atoms with E-state index in [9.17, 15) is 8.42 Å². The van der Waals surface area contributed by atoms with E-state index in [-0.39, 0.29) is 17.3 Å². The third kappa shape index (κ3) is 5.57. The highest BCUT2D eigenvalue weighted by atomic mass is 35.5. The standard InChI is InChI=1S/C25H32ClN5O3S/c1-34-19-13-21-22(15-28-25(21)27-14-19)16-11-23(26)30-24(12-16)29-17-7-9-18(10-8-17)31-35(32,33)20-5-3-2-4-6-20/h11-15,17-18,20,31H,2-10H2,1H3,(H,27,28)(H,29,30). The molecule has 3 N–H and O–H groups in total. The van der Waals surface area contributed by atoms with Crippen molar-refractivity contribution < 1.29 is 13.2 Å². The Morgan fingerprint density at radius 2 is 1.77 bits per heavy atom. The zero-order valence-electron chi connectivity index (χ0n) is 19.9. The maximum atomic E-state index is 12.8. The number of hydrogen-bond acceptors (Lipinski definition) is 6. The molecule has 188 valence electrons. The summed E-state index contributed by atoms with van der Waals surface area (Å²) < 4.78 is 33.9. The average molecular weight is 518 g/mol. The molecule has 0 aliphatic heterocycles. The predicted octanol–water partition coefficient (Wildman–Crippen LogP) is 5.26. The summed E-state index contributed by atoms with van der Waals surface area (Å²) in [6, 6.07) is 6.01. The van der Waals surface area contributed by atoms with Gasteiger partial charge in [0.2, 0.25) is 10.0 Å². The smallest absolute Gasteiger partial charge is 0.214 e. The second kappa shape index (κ2) is 10.3. The molecule has 10 heteroatoms. The summed E-state index contributed by atoms with van der Waals surface area (Å²) in [6.07, 6.45) is 11.7. The largest absolute Gasteiger partial charge is 0.495 e. The highest BCUT2D eigenvalue weighted by molar-refractivity contribution is 7.90. The summed E-state index contributed by atoms with van der Waals surface area (Å²) in [5.41, 5.74) is 2.68. The topological polar surface area (TPSA) is 109 Å². The van der Waals surface area contributed by atoms with Crippen molar-refractivity contribution in [1.29, 1.82) is 0 Å². The fraction of sp³-hybridized carbons (Fsp3) is 0.520. The summed E-state index contributed by atoms with van der Waals surface area (Å²) >= 11 is 6.39. The predicted molar refractivity (Wildman–Crippen MR) is 139 cm³/mol. The van der Waals surface area contributed by atoms with Gasteiger partial charge in [-0.2, -0.15) is 0 Å². The molecule has 0 bridgehead atoms. The van der Waals surface area contributed by atoms with Gasteiger partial charge in [0.15, 0.2) is 0 Å². The highest BCUT2D eigenvalue weighted by Crippen LogP contribution is 2.33. The van der Waals surface area contributed by atoms with Gasteiger partial charge in [0.05, 0.1) is 18.6 Å². The molecular weight excluding hydrogens is 486 g/mol. The molecule has 8 nitrogen and oxygen atoms in total. The fourth-order valence-corrected chi connectivity index (χ4v) is 7.39. The quantitative estimate of drug-likeness (QED) is 0.369. The lowest BCUT2D eigenvalue weighted by Crippen LogP contribution is -2.44. The minimum absolute atomic E-state index is 0.0107. The van der Waals surface area contributed by atoms with Crippen molar-refractivity contribution in [3.05, 3.63) is 35.7 Å². The van der Waals surface area contributed by atoms with Gasteiger partial charge in [0, 0.05) is 29.2 Å². The number of sulfonamides is 1. The number of pyridine rings is 2. The van der Waals surface area contributed by atoms with Crippen LogP contribution in [0.4, 0.5) is 5.82 Å². The zero-order valence-corrected chi connectivity index (χ0v) is 21.5. The number of rotatable bonds is 7. The molecule has 0 unspecified atom stereocenters. The molecule has 3 aromatic rings. The lowest BCUT2D eigenvalue weighted by molar-refractivity contribution is 0.382. The molecule has 0 amide bonds. The first-order chi connectivity index (χ1) is 16.9. The Morgan fingerprint density at radius 3 is 2.51 bits per heavy atom. The second-order valence-electron chi connectivity index (χ2n) is 9.65. The Kier molecular flexibility index (Phi) is 7.18. The number of hydrogen-bond donors (Lipinski definition) is 3. The van der Waals surface area contributed by atoms with E-state index < -0.39 is 10.0 Å². The maximum absolute atomic E-state index is 12.8. The molecule has 3 aromatic heterocycles. The number of fused-ring (bicyclic) bond motifs is 1. The minimum Gasteiger partial charge on any atom is -0.495 e. The number of anilines is 1. The summed E-state index contributed by atoms with van der Waals surface area (Å²) in [7, 11) is -1.61. The van der Waals surface area contributed by atoms with E-state index in [1.165, 1.54) is 0 Å². The summed E-state index contributed by atoms with van der Waals surface area (Å²) in [5, 5.41) is 4.65. The molecular formula is C25H32ClN5O3S.